The number of carbonyl (C=O) groups excluding carboxylic acids is 1. The maximum atomic E-state index is 13.4. The first-order valence-corrected chi connectivity index (χ1v) is 10.6. The van der Waals surface area contributed by atoms with E-state index in [1.807, 2.05) is 0 Å². The predicted octanol–water partition coefficient (Wildman–Crippen LogP) is 5.65. The Morgan fingerprint density at radius 3 is 2.57 bits per heavy atom. The van der Waals surface area contributed by atoms with Gasteiger partial charge < -0.3 is 4.90 Å². The van der Waals surface area contributed by atoms with Crippen LogP contribution in [0.3, 0.4) is 0 Å². The summed E-state index contributed by atoms with van der Waals surface area (Å²) < 4.78 is 0. The van der Waals surface area contributed by atoms with Gasteiger partial charge in [0.25, 0.3) is 0 Å². The van der Waals surface area contributed by atoms with E-state index in [-0.39, 0.29) is 12.0 Å². The van der Waals surface area contributed by atoms with Crippen molar-refractivity contribution in [3.8, 4) is 0 Å². The monoisotopic (exact) mass is 373 g/mol. The van der Waals surface area contributed by atoms with Gasteiger partial charge in [-0.2, -0.15) is 0 Å². The summed E-state index contributed by atoms with van der Waals surface area (Å²) in [6.07, 6.45) is 7.66. The van der Waals surface area contributed by atoms with E-state index in [0.717, 1.165) is 25.8 Å². The van der Waals surface area contributed by atoms with Gasteiger partial charge in [-0.05, 0) is 61.3 Å². The number of rotatable bonds is 5. The van der Waals surface area contributed by atoms with Crippen LogP contribution >= 0.6 is 0 Å². The molecule has 1 fully saturated rings. The molecule has 0 unspecified atom stereocenters. The van der Waals surface area contributed by atoms with Gasteiger partial charge in [0.2, 0.25) is 5.91 Å². The van der Waals surface area contributed by atoms with Crippen molar-refractivity contribution in [2.24, 2.45) is 17.8 Å². The molecular formula is C26H31NO. The number of aryl methyl sites for hydroxylation is 3. The van der Waals surface area contributed by atoms with Crippen LogP contribution in [0.15, 0.2) is 60.7 Å². The molecule has 0 radical (unpaired) electrons. The first-order valence-electron chi connectivity index (χ1n) is 10.6. The molecule has 4 atom stereocenters. The minimum absolute atomic E-state index is 0.133. The molecule has 1 amide bonds. The van der Waals surface area contributed by atoms with Crippen LogP contribution in [0.5, 0.6) is 0 Å². The molecule has 146 valence electrons. The van der Waals surface area contributed by atoms with Crippen molar-refractivity contribution in [1.82, 2.24) is 4.90 Å². The van der Waals surface area contributed by atoms with Crippen LogP contribution in [0.25, 0.3) is 0 Å². The molecular weight excluding hydrogens is 342 g/mol. The third-order valence-electron chi connectivity index (χ3n) is 6.74. The van der Waals surface area contributed by atoms with E-state index in [9.17, 15) is 4.79 Å². The molecule has 4 rings (SSSR count). The molecule has 2 aliphatic rings. The standard InChI is InChI=1S/C26H31NO/c1-18-14-15-22(17-20(18)3)25-23-13-7-9-19(2)24(23)26(28)27(25)16-8-12-21-10-5-4-6-11-21/h4-7,10-11,13-15,17,19,23-25H,8-9,12,16H2,1-3H3/t19-,23+,24+,25+/m1/s1. The Hall–Kier alpha value is -2.35. The van der Waals surface area contributed by atoms with Crippen molar-refractivity contribution in [2.45, 2.75) is 46.1 Å². The van der Waals surface area contributed by atoms with Crippen LogP contribution < -0.4 is 0 Å². The first kappa shape index (κ1) is 19.0. The largest absolute Gasteiger partial charge is 0.335 e. The Labute approximate surface area is 169 Å². The smallest absolute Gasteiger partial charge is 0.227 e. The summed E-state index contributed by atoms with van der Waals surface area (Å²) in [4.78, 5) is 15.6. The van der Waals surface area contributed by atoms with Crippen LogP contribution in [-0.2, 0) is 11.2 Å². The van der Waals surface area contributed by atoms with Crippen LogP contribution in [0, 0.1) is 31.6 Å². The molecule has 2 aromatic carbocycles. The van der Waals surface area contributed by atoms with Crippen molar-refractivity contribution >= 4 is 5.91 Å². The van der Waals surface area contributed by atoms with E-state index < -0.39 is 0 Å². The number of hydrogen-bond acceptors (Lipinski definition) is 1. The third kappa shape index (κ3) is 3.53. The number of nitrogens with zero attached hydrogens (tertiary/aromatic N) is 1. The topological polar surface area (TPSA) is 20.3 Å². The first-order chi connectivity index (χ1) is 13.6. The van der Waals surface area contributed by atoms with Gasteiger partial charge in [0.1, 0.15) is 0 Å². The predicted molar refractivity (Wildman–Crippen MR) is 115 cm³/mol. The van der Waals surface area contributed by atoms with Gasteiger partial charge >= 0.3 is 0 Å². The van der Waals surface area contributed by atoms with Crippen LogP contribution in [0.1, 0.15) is 48.1 Å². The average Bonchev–Trinajstić information content (AvgIpc) is 2.98. The number of fused-ring (bicyclic) bond motifs is 1. The summed E-state index contributed by atoms with van der Waals surface area (Å²) in [5.41, 5.74) is 5.27. The SMILES string of the molecule is Cc1ccc([C@H]2[C@H]3C=CC[C@@H](C)[C@@H]3C(=O)N2CCCc2ccccc2)cc1C. The van der Waals surface area contributed by atoms with Gasteiger partial charge in [0.05, 0.1) is 6.04 Å². The fraction of sp³-hybridized carbons (Fsp3) is 0.423. The Bertz CT molecular complexity index is 869. The molecule has 0 spiro atoms. The van der Waals surface area contributed by atoms with Gasteiger partial charge in [-0.1, -0.05) is 67.6 Å². The van der Waals surface area contributed by atoms with Gasteiger partial charge in [0, 0.05) is 18.4 Å². The number of likely N-dealkylation sites (tertiary alicyclic amines) is 1. The summed E-state index contributed by atoms with van der Waals surface area (Å²) in [7, 11) is 0. The highest BCUT2D eigenvalue weighted by Gasteiger charge is 2.49. The van der Waals surface area contributed by atoms with Crippen molar-refractivity contribution in [3.05, 3.63) is 82.9 Å². The van der Waals surface area contributed by atoms with Crippen molar-refractivity contribution in [1.29, 1.82) is 0 Å². The fourth-order valence-electron chi connectivity index (χ4n) is 5.04. The third-order valence-corrected chi connectivity index (χ3v) is 6.74. The molecule has 2 heteroatoms. The highest BCUT2D eigenvalue weighted by Crippen LogP contribution is 2.48. The second kappa shape index (κ2) is 7.95. The van der Waals surface area contributed by atoms with Crippen molar-refractivity contribution in [3.63, 3.8) is 0 Å². The van der Waals surface area contributed by atoms with E-state index in [0.29, 0.717) is 17.7 Å². The molecule has 0 N–H and O–H groups in total. The van der Waals surface area contributed by atoms with E-state index in [1.165, 1.54) is 22.3 Å². The summed E-state index contributed by atoms with van der Waals surface area (Å²) in [6, 6.07) is 17.5. The van der Waals surface area contributed by atoms with Gasteiger partial charge in [-0.15, -0.1) is 0 Å². The zero-order chi connectivity index (χ0) is 19.7. The van der Waals surface area contributed by atoms with E-state index in [4.69, 9.17) is 0 Å². The molecule has 2 nitrogen and oxygen atoms in total. The summed E-state index contributed by atoms with van der Waals surface area (Å²) in [5, 5.41) is 0. The Balaban J connectivity index is 1.60. The van der Waals surface area contributed by atoms with E-state index in [1.54, 1.807) is 0 Å². The molecule has 0 saturated carbocycles. The highest BCUT2D eigenvalue weighted by atomic mass is 16.2. The number of carbonyl (C=O) groups is 1. The lowest BCUT2D eigenvalue weighted by Crippen LogP contribution is -2.32. The number of hydrogen-bond donors (Lipinski definition) is 0. The zero-order valence-corrected chi connectivity index (χ0v) is 17.3. The number of allylic oxidation sites excluding steroid dienone is 1. The Kier molecular flexibility index (Phi) is 5.39. The summed E-state index contributed by atoms with van der Waals surface area (Å²) in [5.74, 6) is 1.22. The van der Waals surface area contributed by atoms with Gasteiger partial charge in [0.15, 0.2) is 0 Å². The van der Waals surface area contributed by atoms with Gasteiger partial charge in [-0.25, -0.2) is 0 Å². The van der Waals surface area contributed by atoms with Crippen LogP contribution in [0.4, 0.5) is 0 Å². The summed E-state index contributed by atoms with van der Waals surface area (Å²) >= 11 is 0. The zero-order valence-electron chi connectivity index (χ0n) is 17.3. The van der Waals surface area contributed by atoms with E-state index in [2.05, 4.69) is 86.4 Å². The Morgan fingerprint density at radius 2 is 1.82 bits per heavy atom. The number of benzene rings is 2. The second-order valence-corrected chi connectivity index (χ2v) is 8.65. The van der Waals surface area contributed by atoms with Crippen LogP contribution in [0.2, 0.25) is 0 Å². The van der Waals surface area contributed by atoms with E-state index >= 15 is 0 Å². The number of amides is 1. The van der Waals surface area contributed by atoms with Crippen molar-refractivity contribution < 1.29 is 4.79 Å². The van der Waals surface area contributed by atoms with Crippen molar-refractivity contribution in [2.75, 3.05) is 6.54 Å². The normalized spacial score (nSPS) is 26.5. The highest BCUT2D eigenvalue weighted by molar-refractivity contribution is 5.83. The maximum absolute atomic E-state index is 13.4. The fourth-order valence-corrected chi connectivity index (χ4v) is 5.04. The van der Waals surface area contributed by atoms with Gasteiger partial charge in [-0.3, -0.25) is 4.79 Å². The average molecular weight is 374 g/mol. The molecule has 2 aromatic rings. The molecule has 0 aromatic heterocycles. The maximum Gasteiger partial charge on any atom is 0.227 e. The quantitative estimate of drug-likeness (QED) is 0.620. The minimum Gasteiger partial charge on any atom is -0.335 e. The molecule has 1 aliphatic heterocycles. The minimum atomic E-state index is 0.133. The second-order valence-electron chi connectivity index (χ2n) is 8.65. The lowest BCUT2D eigenvalue weighted by Gasteiger charge is -2.30. The molecule has 0 bridgehead atoms. The lowest BCUT2D eigenvalue weighted by atomic mass is 9.75. The lowest BCUT2D eigenvalue weighted by molar-refractivity contribution is -0.133. The summed E-state index contributed by atoms with van der Waals surface area (Å²) in [6.45, 7) is 7.40. The molecule has 1 saturated heterocycles. The molecule has 1 heterocycles. The van der Waals surface area contributed by atoms with Crippen LogP contribution in [-0.4, -0.2) is 17.4 Å². The molecule has 28 heavy (non-hydrogen) atoms. The molecule has 1 aliphatic carbocycles. The Morgan fingerprint density at radius 1 is 1.04 bits per heavy atom.